The van der Waals surface area contributed by atoms with E-state index in [9.17, 15) is 0 Å². The molecule has 0 atom stereocenters. The Bertz CT molecular complexity index is 2770. The van der Waals surface area contributed by atoms with Crippen LogP contribution in [0.25, 0.3) is 83.1 Å². The molecule has 234 valence electrons. The zero-order chi connectivity index (χ0) is 35.2. The Balaban J connectivity index is 1.42. The van der Waals surface area contributed by atoms with Gasteiger partial charge in [0.15, 0.2) is 0 Å². The number of fused-ring (bicyclic) bond motifs is 8. The molecular formula is C44H36N2O2. The predicted molar refractivity (Wildman–Crippen MR) is 199 cm³/mol. The molecule has 9 rings (SSSR count). The lowest BCUT2D eigenvalue weighted by Gasteiger charge is -2.24. The van der Waals surface area contributed by atoms with Crippen LogP contribution in [0.15, 0.2) is 124 Å². The monoisotopic (exact) mass is 627 g/mol. The molecule has 0 aliphatic rings. The molecule has 4 nitrogen and oxygen atoms in total. The number of hydrogen-bond acceptors (Lipinski definition) is 3. The molecular weight excluding hydrogens is 588 g/mol. The lowest BCUT2D eigenvalue weighted by molar-refractivity contribution is 0.663. The molecule has 6 aromatic carbocycles. The fourth-order valence-corrected chi connectivity index (χ4v) is 7.37. The van der Waals surface area contributed by atoms with Gasteiger partial charge in [-0.15, -0.1) is 0 Å². The number of nitrogens with zero attached hydrogens (tertiary/aromatic N) is 2. The maximum atomic E-state index is 8.57. The molecule has 0 spiro atoms. The molecule has 9 aromatic rings. The SMILES string of the molecule is [2H]C([2H])([2H])c1ccc(-c2nc3ccccc3n2-c2c(C(C)C)cc(-c3ccccc3)cc2C(C)C)c2oc3c(ccc4oc5ccccc5c43)c12. The molecule has 3 aromatic heterocycles. The minimum absolute atomic E-state index is 0.196. The molecule has 0 aliphatic carbocycles. The minimum Gasteiger partial charge on any atom is -0.456 e. The van der Waals surface area contributed by atoms with E-state index in [1.165, 1.54) is 22.3 Å². The first-order valence-corrected chi connectivity index (χ1v) is 16.6. The number of aromatic nitrogens is 2. The Morgan fingerprint density at radius 1 is 0.625 bits per heavy atom. The number of imidazole rings is 1. The topological polar surface area (TPSA) is 44.1 Å². The predicted octanol–water partition coefficient (Wildman–Crippen LogP) is 12.7. The fourth-order valence-electron chi connectivity index (χ4n) is 7.37. The maximum Gasteiger partial charge on any atom is 0.149 e. The zero-order valence-electron chi connectivity index (χ0n) is 30.3. The summed E-state index contributed by atoms with van der Waals surface area (Å²) < 4.78 is 41.1. The normalized spacial score (nSPS) is 13.4. The van der Waals surface area contributed by atoms with Gasteiger partial charge in [-0.05, 0) is 95.0 Å². The quantitative estimate of drug-likeness (QED) is 0.191. The van der Waals surface area contributed by atoms with Crippen molar-refractivity contribution >= 4 is 54.9 Å². The largest absolute Gasteiger partial charge is 0.456 e. The highest BCUT2D eigenvalue weighted by Gasteiger charge is 2.26. The van der Waals surface area contributed by atoms with Crippen LogP contribution in [0.3, 0.4) is 0 Å². The van der Waals surface area contributed by atoms with E-state index < -0.39 is 6.85 Å². The molecule has 0 N–H and O–H groups in total. The second-order valence-electron chi connectivity index (χ2n) is 13.3. The molecule has 0 saturated heterocycles. The number of para-hydroxylation sites is 3. The summed E-state index contributed by atoms with van der Waals surface area (Å²) >= 11 is 0. The average molecular weight is 628 g/mol. The molecule has 3 heterocycles. The highest BCUT2D eigenvalue weighted by atomic mass is 16.3. The van der Waals surface area contributed by atoms with Gasteiger partial charge in [0.05, 0.1) is 27.7 Å². The third-order valence-corrected chi connectivity index (χ3v) is 9.67. The van der Waals surface area contributed by atoms with Crippen LogP contribution in [0.5, 0.6) is 0 Å². The molecule has 0 aliphatic heterocycles. The Morgan fingerprint density at radius 2 is 1.35 bits per heavy atom. The van der Waals surface area contributed by atoms with E-state index in [1.54, 1.807) is 6.07 Å². The van der Waals surface area contributed by atoms with Crippen LogP contribution < -0.4 is 0 Å². The first-order chi connectivity index (χ1) is 24.6. The number of furan rings is 2. The van der Waals surface area contributed by atoms with E-state index in [0.29, 0.717) is 28.0 Å². The van der Waals surface area contributed by atoms with Crippen molar-refractivity contribution in [1.29, 1.82) is 0 Å². The Labute approximate surface area is 283 Å². The maximum absolute atomic E-state index is 8.57. The van der Waals surface area contributed by atoms with Gasteiger partial charge in [0.1, 0.15) is 28.2 Å². The van der Waals surface area contributed by atoms with Crippen molar-refractivity contribution in [2.45, 2.75) is 46.4 Å². The summed E-state index contributed by atoms with van der Waals surface area (Å²) in [6.45, 7) is 6.57. The summed E-state index contributed by atoms with van der Waals surface area (Å²) in [6.07, 6.45) is 0. The summed E-state index contributed by atoms with van der Waals surface area (Å²) in [5.74, 6) is 1.09. The van der Waals surface area contributed by atoms with Crippen LogP contribution in [0.4, 0.5) is 0 Å². The molecule has 0 saturated carbocycles. The van der Waals surface area contributed by atoms with Crippen molar-refractivity contribution in [3.8, 4) is 28.2 Å². The lowest BCUT2D eigenvalue weighted by atomic mass is 9.88. The van der Waals surface area contributed by atoms with Gasteiger partial charge in [-0.1, -0.05) is 94.4 Å². The van der Waals surface area contributed by atoms with E-state index in [4.69, 9.17) is 17.9 Å². The van der Waals surface area contributed by atoms with Gasteiger partial charge in [-0.2, -0.15) is 0 Å². The van der Waals surface area contributed by atoms with E-state index >= 15 is 0 Å². The van der Waals surface area contributed by atoms with Crippen molar-refractivity contribution < 1.29 is 12.9 Å². The van der Waals surface area contributed by atoms with E-state index in [-0.39, 0.29) is 17.4 Å². The van der Waals surface area contributed by atoms with Crippen molar-refractivity contribution in [3.05, 3.63) is 132 Å². The third-order valence-electron chi connectivity index (χ3n) is 9.67. The molecule has 0 bridgehead atoms. The van der Waals surface area contributed by atoms with Crippen LogP contribution in [-0.4, -0.2) is 9.55 Å². The number of benzene rings is 6. The Morgan fingerprint density at radius 3 is 2.12 bits per heavy atom. The molecule has 0 fully saturated rings. The van der Waals surface area contributed by atoms with Gasteiger partial charge >= 0.3 is 0 Å². The minimum atomic E-state index is -2.37. The van der Waals surface area contributed by atoms with Crippen LogP contribution >= 0.6 is 0 Å². The van der Waals surface area contributed by atoms with Crippen molar-refractivity contribution in [3.63, 3.8) is 0 Å². The first kappa shape index (κ1) is 25.5. The Kier molecular flexibility index (Phi) is 5.69. The van der Waals surface area contributed by atoms with Gasteiger partial charge in [0.25, 0.3) is 0 Å². The number of aryl methyl sites for hydroxylation is 1. The van der Waals surface area contributed by atoms with Crippen molar-refractivity contribution in [2.24, 2.45) is 0 Å². The van der Waals surface area contributed by atoms with Gasteiger partial charge in [0, 0.05) is 20.3 Å². The first-order valence-electron chi connectivity index (χ1n) is 18.1. The van der Waals surface area contributed by atoms with Gasteiger partial charge in [-0.25, -0.2) is 4.98 Å². The standard InChI is InChI=1S/C44H36N2O2/c1-25(2)33-23-29(28-13-7-6-8-14-28)24-34(26(3)4)41(33)46-36-17-11-10-16-35(36)45-44(46)32-20-19-27(5)39-31-21-22-38-40(42(31)48-43(32)39)30-15-9-12-18-37(30)47-38/h6-26H,1-5H3/i5D3. The zero-order valence-corrected chi connectivity index (χ0v) is 27.3. The van der Waals surface area contributed by atoms with Crippen LogP contribution in [0, 0.1) is 6.85 Å². The molecule has 0 radical (unpaired) electrons. The Hall–Kier alpha value is -5.61. The molecule has 0 unspecified atom stereocenters. The number of rotatable bonds is 5. The van der Waals surface area contributed by atoms with Crippen molar-refractivity contribution in [1.82, 2.24) is 9.55 Å². The number of hydrogen-bond donors (Lipinski definition) is 0. The van der Waals surface area contributed by atoms with Gasteiger partial charge in [-0.3, -0.25) is 4.57 Å². The van der Waals surface area contributed by atoms with Crippen LogP contribution in [0.2, 0.25) is 0 Å². The van der Waals surface area contributed by atoms with Crippen LogP contribution in [-0.2, 0) is 0 Å². The van der Waals surface area contributed by atoms with E-state index in [1.807, 2.05) is 66.7 Å². The smallest absolute Gasteiger partial charge is 0.149 e. The van der Waals surface area contributed by atoms with E-state index in [2.05, 4.69) is 74.7 Å². The molecule has 0 amide bonds. The summed E-state index contributed by atoms with van der Waals surface area (Å²) in [5.41, 5.74) is 11.2. The summed E-state index contributed by atoms with van der Waals surface area (Å²) in [7, 11) is 0. The van der Waals surface area contributed by atoms with Gasteiger partial charge in [0.2, 0.25) is 0 Å². The second kappa shape index (κ2) is 10.7. The highest BCUT2D eigenvalue weighted by Crippen LogP contribution is 2.45. The summed E-state index contributed by atoms with van der Waals surface area (Å²) in [4.78, 5) is 5.30. The second-order valence-corrected chi connectivity index (χ2v) is 13.3. The highest BCUT2D eigenvalue weighted by molar-refractivity contribution is 6.23. The third kappa shape index (κ3) is 4.18. The fraction of sp³-hybridized carbons (Fsp3) is 0.159. The molecule has 4 heteroatoms. The summed E-state index contributed by atoms with van der Waals surface area (Å²) in [6, 6.07) is 38.6. The van der Waals surface area contributed by atoms with Crippen molar-refractivity contribution in [2.75, 3.05) is 0 Å². The van der Waals surface area contributed by atoms with E-state index in [0.717, 1.165) is 44.0 Å². The van der Waals surface area contributed by atoms with Gasteiger partial charge < -0.3 is 8.83 Å². The van der Waals surface area contributed by atoms with Crippen LogP contribution in [0.1, 0.15) is 60.3 Å². The summed E-state index contributed by atoms with van der Waals surface area (Å²) in [5, 5.41) is 3.05. The lowest BCUT2D eigenvalue weighted by Crippen LogP contribution is -2.09. The molecule has 48 heavy (non-hydrogen) atoms. The average Bonchev–Trinajstić information content (AvgIpc) is 3.82.